The average Bonchev–Trinajstić information content (AvgIpc) is 2.74. The Balaban J connectivity index is 1.43. The van der Waals surface area contributed by atoms with Crippen molar-refractivity contribution in [2.45, 2.75) is 19.0 Å². The van der Waals surface area contributed by atoms with E-state index in [0.717, 1.165) is 39.3 Å². The van der Waals surface area contributed by atoms with Crippen molar-refractivity contribution in [3.8, 4) is 17.2 Å². The van der Waals surface area contributed by atoms with Crippen LogP contribution in [0.4, 0.5) is 4.39 Å². The molecule has 0 radical (unpaired) electrons. The highest BCUT2D eigenvalue weighted by atomic mass is 19.1. The van der Waals surface area contributed by atoms with Crippen molar-refractivity contribution in [1.29, 1.82) is 0 Å². The second-order valence-corrected chi connectivity index (χ2v) is 7.39. The smallest absolute Gasteiger partial charge is 0.163 e. The van der Waals surface area contributed by atoms with Gasteiger partial charge in [-0.2, -0.15) is 0 Å². The van der Waals surface area contributed by atoms with Crippen LogP contribution in [0.1, 0.15) is 12.8 Å². The highest BCUT2D eigenvalue weighted by Gasteiger charge is 2.21. The summed E-state index contributed by atoms with van der Waals surface area (Å²) in [7, 11) is 0. The van der Waals surface area contributed by atoms with Gasteiger partial charge in [0.1, 0.15) is 11.5 Å². The zero-order valence-electron chi connectivity index (χ0n) is 16.7. The summed E-state index contributed by atoms with van der Waals surface area (Å²) in [6.45, 7) is 4.82. The predicted octanol–water partition coefficient (Wildman–Crippen LogP) is 2.89. The van der Waals surface area contributed by atoms with Crippen LogP contribution in [0, 0.1) is 0 Å². The number of pyridine rings is 1. The number of hydrogen-bond acceptors (Lipinski definition) is 7. The number of benzene rings is 1. The molecule has 0 amide bonds. The van der Waals surface area contributed by atoms with Crippen molar-refractivity contribution in [1.82, 2.24) is 9.88 Å². The first-order chi connectivity index (χ1) is 14.6. The van der Waals surface area contributed by atoms with Gasteiger partial charge in [0.05, 0.1) is 25.3 Å². The third-order valence-corrected chi connectivity index (χ3v) is 5.18. The third-order valence-electron chi connectivity index (χ3n) is 5.18. The fourth-order valence-electron chi connectivity index (χ4n) is 3.53. The molecular weight excluding hydrogens is 389 g/mol. The Morgan fingerprint density at radius 1 is 1.23 bits per heavy atom. The van der Waals surface area contributed by atoms with E-state index in [1.807, 2.05) is 0 Å². The van der Waals surface area contributed by atoms with Crippen LogP contribution in [0.25, 0.3) is 10.9 Å². The molecule has 0 bridgehead atoms. The predicted molar refractivity (Wildman–Crippen MR) is 111 cm³/mol. The number of hydrogen-bond donors (Lipinski definition) is 2. The summed E-state index contributed by atoms with van der Waals surface area (Å²) in [5, 5.41) is 11.0. The number of ether oxygens (including phenoxy) is 3. The number of halogens is 1. The number of morpholine rings is 1. The Hall–Kier alpha value is -2.84. The first-order valence-electron chi connectivity index (χ1n) is 10.1. The quantitative estimate of drug-likeness (QED) is 0.672. The van der Waals surface area contributed by atoms with Gasteiger partial charge in [0.25, 0.3) is 0 Å². The molecule has 1 saturated heterocycles. The molecule has 160 valence electrons. The lowest BCUT2D eigenvalue weighted by Gasteiger charge is -2.26. The van der Waals surface area contributed by atoms with Crippen molar-refractivity contribution in [3.63, 3.8) is 0 Å². The Kier molecular flexibility index (Phi) is 6.35. The maximum atomic E-state index is 14.2. The standard InChI is InChI=1S/C22H26FN3O4/c23-17-12-15(24)2-3-21(17)30-20-4-5-25-18-14-22(19(27)13-16(18)20)29-9-1-6-26-7-10-28-11-8-26/h2-5,13-14,17,27H,1,6-12,24H2. The van der Waals surface area contributed by atoms with Crippen LogP contribution in [-0.4, -0.2) is 60.6 Å². The number of allylic oxidation sites excluding steroid dienone is 4. The van der Waals surface area contributed by atoms with E-state index in [-0.39, 0.29) is 17.9 Å². The van der Waals surface area contributed by atoms with E-state index in [1.165, 1.54) is 12.1 Å². The molecule has 7 nitrogen and oxygen atoms in total. The second kappa shape index (κ2) is 9.32. The van der Waals surface area contributed by atoms with Gasteiger partial charge in [-0.15, -0.1) is 0 Å². The van der Waals surface area contributed by atoms with Gasteiger partial charge < -0.3 is 25.1 Å². The molecule has 30 heavy (non-hydrogen) atoms. The van der Waals surface area contributed by atoms with E-state index in [2.05, 4.69) is 9.88 Å². The van der Waals surface area contributed by atoms with Crippen molar-refractivity contribution < 1.29 is 23.7 Å². The first-order valence-corrected chi connectivity index (χ1v) is 10.1. The van der Waals surface area contributed by atoms with Gasteiger partial charge in [0.15, 0.2) is 17.7 Å². The van der Waals surface area contributed by atoms with E-state index in [4.69, 9.17) is 19.9 Å². The van der Waals surface area contributed by atoms with Crippen LogP contribution in [0.5, 0.6) is 17.2 Å². The molecule has 1 unspecified atom stereocenters. The van der Waals surface area contributed by atoms with Crippen LogP contribution < -0.4 is 15.2 Å². The minimum atomic E-state index is -1.30. The van der Waals surface area contributed by atoms with Gasteiger partial charge in [0, 0.05) is 49.4 Å². The van der Waals surface area contributed by atoms with Gasteiger partial charge in [-0.05, 0) is 30.7 Å². The second-order valence-electron chi connectivity index (χ2n) is 7.39. The van der Waals surface area contributed by atoms with Crippen LogP contribution in [0.3, 0.4) is 0 Å². The Morgan fingerprint density at radius 2 is 2.07 bits per heavy atom. The maximum absolute atomic E-state index is 14.2. The number of nitrogens with zero attached hydrogens (tertiary/aromatic N) is 2. The highest BCUT2D eigenvalue weighted by Crippen LogP contribution is 2.36. The molecule has 2 aliphatic rings. The van der Waals surface area contributed by atoms with Gasteiger partial charge in [-0.25, -0.2) is 4.39 Å². The summed E-state index contributed by atoms with van der Waals surface area (Å²) in [5.41, 5.74) is 6.72. The Bertz CT molecular complexity index is 957. The van der Waals surface area contributed by atoms with Crippen molar-refractivity contribution in [2.24, 2.45) is 5.73 Å². The van der Waals surface area contributed by atoms with Crippen molar-refractivity contribution in [3.05, 3.63) is 48.0 Å². The highest BCUT2D eigenvalue weighted by molar-refractivity contribution is 5.88. The summed E-state index contributed by atoms with van der Waals surface area (Å²) in [6.07, 6.45) is 4.38. The third kappa shape index (κ3) is 4.83. The van der Waals surface area contributed by atoms with Crippen LogP contribution >= 0.6 is 0 Å². The molecule has 1 aromatic carbocycles. The molecule has 1 fully saturated rings. The molecule has 8 heteroatoms. The van der Waals surface area contributed by atoms with Crippen LogP contribution in [0.2, 0.25) is 0 Å². The van der Waals surface area contributed by atoms with Crippen molar-refractivity contribution >= 4 is 10.9 Å². The maximum Gasteiger partial charge on any atom is 0.163 e. The largest absolute Gasteiger partial charge is 0.504 e. The average molecular weight is 415 g/mol. The number of phenols is 1. The molecule has 2 aromatic rings. The van der Waals surface area contributed by atoms with E-state index in [1.54, 1.807) is 24.4 Å². The number of aromatic hydroxyl groups is 1. The molecule has 0 saturated carbocycles. The summed E-state index contributed by atoms with van der Waals surface area (Å²) in [6, 6.07) is 4.85. The lowest BCUT2D eigenvalue weighted by Crippen LogP contribution is -2.37. The Labute approximate surface area is 174 Å². The molecule has 0 spiro atoms. The molecule has 4 rings (SSSR count). The number of nitrogens with two attached hydrogens (primary N) is 1. The monoisotopic (exact) mass is 415 g/mol. The lowest BCUT2D eigenvalue weighted by atomic mass is 10.1. The topological polar surface area (TPSA) is 90.1 Å². The first kappa shape index (κ1) is 20.4. The zero-order chi connectivity index (χ0) is 20.9. The molecule has 3 N–H and O–H groups in total. The number of phenolic OH excluding ortho intramolecular Hbond substituents is 1. The minimum absolute atomic E-state index is 0.00900. The number of rotatable bonds is 7. The van der Waals surface area contributed by atoms with E-state index < -0.39 is 6.17 Å². The van der Waals surface area contributed by atoms with Crippen LogP contribution in [0.15, 0.2) is 48.0 Å². The summed E-state index contributed by atoms with van der Waals surface area (Å²) in [5.74, 6) is 0.951. The molecule has 1 aromatic heterocycles. The van der Waals surface area contributed by atoms with Gasteiger partial charge >= 0.3 is 0 Å². The Morgan fingerprint density at radius 3 is 2.87 bits per heavy atom. The SMILES string of the molecule is NC1=CC=C(Oc2ccnc3cc(OCCCN4CCOCC4)c(O)cc23)C(F)C1. The van der Waals surface area contributed by atoms with E-state index in [9.17, 15) is 9.50 Å². The summed E-state index contributed by atoms with van der Waals surface area (Å²) in [4.78, 5) is 6.66. The summed E-state index contributed by atoms with van der Waals surface area (Å²) < 4.78 is 31.1. The molecule has 1 aliphatic carbocycles. The molecular formula is C22H26FN3O4. The minimum Gasteiger partial charge on any atom is -0.504 e. The van der Waals surface area contributed by atoms with Crippen molar-refractivity contribution in [2.75, 3.05) is 39.5 Å². The normalized spacial score (nSPS) is 20.0. The number of fused-ring (bicyclic) bond motifs is 1. The van der Waals surface area contributed by atoms with Gasteiger partial charge in [0.2, 0.25) is 0 Å². The fourth-order valence-corrected chi connectivity index (χ4v) is 3.53. The molecule has 1 atom stereocenters. The summed E-state index contributed by atoms with van der Waals surface area (Å²) >= 11 is 0. The molecule has 1 aliphatic heterocycles. The molecule has 2 heterocycles. The lowest BCUT2D eigenvalue weighted by molar-refractivity contribution is 0.0357. The van der Waals surface area contributed by atoms with Gasteiger partial charge in [-0.3, -0.25) is 9.88 Å². The van der Waals surface area contributed by atoms with Gasteiger partial charge in [-0.1, -0.05) is 0 Å². The zero-order valence-corrected chi connectivity index (χ0v) is 16.7. The number of aromatic nitrogens is 1. The number of alkyl halides is 1. The van der Waals surface area contributed by atoms with E-state index >= 15 is 0 Å². The fraction of sp³-hybridized carbons (Fsp3) is 0.409. The van der Waals surface area contributed by atoms with E-state index in [0.29, 0.717) is 34.7 Å². The van der Waals surface area contributed by atoms with Crippen LogP contribution in [-0.2, 0) is 4.74 Å².